The number of rotatable bonds is 3. The smallest absolute Gasteiger partial charge is 0.407 e. The number of fused-ring (bicyclic) bond motifs is 1. The first-order chi connectivity index (χ1) is 10.1. The average molecular weight is 372 g/mol. The maximum atomic E-state index is 13.7. The topological polar surface area (TPSA) is 51.5 Å². The molecule has 22 heavy (non-hydrogen) atoms. The minimum Gasteiger partial charge on any atom is -0.449 e. The van der Waals surface area contributed by atoms with Gasteiger partial charge in [-0.15, -0.1) is 0 Å². The van der Waals surface area contributed by atoms with E-state index in [0.29, 0.717) is 27.6 Å². The summed E-state index contributed by atoms with van der Waals surface area (Å²) in [5.41, 5.74) is 0.761. The second-order valence-electron chi connectivity index (χ2n) is 6.29. The highest BCUT2D eigenvalue weighted by molar-refractivity contribution is 9.10. The molecule has 0 bridgehead atoms. The van der Waals surface area contributed by atoms with E-state index in [9.17, 15) is 9.18 Å². The van der Waals surface area contributed by atoms with Gasteiger partial charge in [-0.05, 0) is 68.2 Å². The monoisotopic (exact) mass is 371 g/mol. The van der Waals surface area contributed by atoms with Gasteiger partial charge in [0.25, 0.3) is 0 Å². The highest BCUT2D eigenvalue weighted by Gasteiger charge is 2.19. The molecule has 0 aliphatic heterocycles. The Morgan fingerprint density at radius 3 is 2.73 bits per heavy atom. The zero-order valence-electron chi connectivity index (χ0n) is 13.0. The van der Waals surface area contributed by atoms with Crippen molar-refractivity contribution in [3.63, 3.8) is 0 Å². The maximum Gasteiger partial charge on any atom is 0.407 e. The molecular weight excluding hydrogens is 353 g/mol. The summed E-state index contributed by atoms with van der Waals surface area (Å²) in [6.45, 7) is 7.23. The number of amides is 1. The Morgan fingerprint density at radius 1 is 1.41 bits per heavy atom. The fourth-order valence-electron chi connectivity index (χ4n) is 2.20. The number of alkyl carbamates (subject to hydrolysis) is 1. The standard InChI is InChI=1S/C16H19BrFNO3/c1-9(19-15(20)22-16(2,3)4)5-10-6-12(18)7-11-8-13(17)21-14(10)11/h6-9H,5H2,1-4H3,(H,19,20)/t9-/m0/s1. The number of nitrogens with one attached hydrogen (secondary N) is 1. The van der Waals surface area contributed by atoms with Crippen LogP contribution in [0, 0.1) is 5.82 Å². The van der Waals surface area contributed by atoms with Gasteiger partial charge in [-0.1, -0.05) is 0 Å². The van der Waals surface area contributed by atoms with Gasteiger partial charge in [0.1, 0.15) is 17.0 Å². The van der Waals surface area contributed by atoms with Crippen LogP contribution in [0.3, 0.4) is 0 Å². The van der Waals surface area contributed by atoms with E-state index in [4.69, 9.17) is 9.15 Å². The quantitative estimate of drug-likeness (QED) is 0.843. The summed E-state index contributed by atoms with van der Waals surface area (Å²) in [6.07, 6.45) is -0.0544. The fraction of sp³-hybridized carbons (Fsp3) is 0.438. The van der Waals surface area contributed by atoms with Gasteiger partial charge in [-0.3, -0.25) is 0 Å². The van der Waals surface area contributed by atoms with Crippen molar-refractivity contribution in [1.29, 1.82) is 0 Å². The Hall–Kier alpha value is -1.56. The molecule has 0 saturated carbocycles. The molecule has 0 unspecified atom stereocenters. The van der Waals surface area contributed by atoms with E-state index in [0.717, 1.165) is 0 Å². The van der Waals surface area contributed by atoms with Crippen molar-refractivity contribution in [3.05, 3.63) is 34.2 Å². The number of halogens is 2. The van der Waals surface area contributed by atoms with Crippen molar-refractivity contribution in [3.8, 4) is 0 Å². The summed E-state index contributed by atoms with van der Waals surface area (Å²) in [5, 5.41) is 3.43. The van der Waals surface area contributed by atoms with Gasteiger partial charge in [0.2, 0.25) is 0 Å². The van der Waals surface area contributed by atoms with Gasteiger partial charge < -0.3 is 14.5 Å². The van der Waals surface area contributed by atoms with Crippen LogP contribution in [0.25, 0.3) is 11.0 Å². The summed E-state index contributed by atoms with van der Waals surface area (Å²) in [7, 11) is 0. The van der Waals surface area contributed by atoms with Crippen LogP contribution in [0.15, 0.2) is 27.3 Å². The Bertz CT molecular complexity index is 690. The molecule has 4 nitrogen and oxygen atoms in total. The lowest BCUT2D eigenvalue weighted by Crippen LogP contribution is -2.38. The molecular formula is C16H19BrFNO3. The van der Waals surface area contributed by atoms with Crippen molar-refractivity contribution in [2.45, 2.75) is 45.8 Å². The van der Waals surface area contributed by atoms with Crippen LogP contribution >= 0.6 is 15.9 Å². The predicted molar refractivity (Wildman–Crippen MR) is 86.4 cm³/mol. The van der Waals surface area contributed by atoms with Crippen molar-refractivity contribution >= 4 is 33.0 Å². The lowest BCUT2D eigenvalue weighted by atomic mass is 10.0. The lowest BCUT2D eigenvalue weighted by molar-refractivity contribution is 0.0508. The van der Waals surface area contributed by atoms with Gasteiger partial charge in [-0.25, -0.2) is 9.18 Å². The van der Waals surface area contributed by atoms with E-state index in [1.807, 2.05) is 6.92 Å². The predicted octanol–water partition coefficient (Wildman–Crippen LogP) is 4.79. The molecule has 0 spiro atoms. The second kappa shape index (κ2) is 6.28. The van der Waals surface area contributed by atoms with Gasteiger partial charge in [-0.2, -0.15) is 0 Å². The first-order valence-corrected chi connectivity index (χ1v) is 7.80. The molecule has 2 aromatic rings. The summed E-state index contributed by atoms with van der Waals surface area (Å²) >= 11 is 3.24. The van der Waals surface area contributed by atoms with Crippen LogP contribution in [0.1, 0.15) is 33.3 Å². The van der Waals surface area contributed by atoms with Crippen LogP contribution in [0.4, 0.5) is 9.18 Å². The highest BCUT2D eigenvalue weighted by Crippen LogP contribution is 2.28. The van der Waals surface area contributed by atoms with E-state index in [1.165, 1.54) is 12.1 Å². The number of carbonyl (C=O) groups excluding carboxylic acids is 1. The minimum atomic E-state index is -0.554. The third kappa shape index (κ3) is 4.47. The second-order valence-corrected chi connectivity index (χ2v) is 7.07. The fourth-order valence-corrected chi connectivity index (χ4v) is 2.60. The number of hydrogen-bond donors (Lipinski definition) is 1. The summed E-state index contributed by atoms with van der Waals surface area (Å²) < 4.78 is 25.0. The first-order valence-electron chi connectivity index (χ1n) is 7.01. The van der Waals surface area contributed by atoms with E-state index < -0.39 is 11.7 Å². The Balaban J connectivity index is 2.11. The molecule has 0 radical (unpaired) electrons. The molecule has 0 fully saturated rings. The van der Waals surface area contributed by atoms with Gasteiger partial charge in [0.15, 0.2) is 4.67 Å². The third-order valence-corrected chi connectivity index (χ3v) is 3.31. The van der Waals surface area contributed by atoms with Crippen molar-refractivity contribution in [2.24, 2.45) is 0 Å². The number of furan rings is 1. The van der Waals surface area contributed by atoms with Gasteiger partial charge >= 0.3 is 6.09 Å². The molecule has 0 saturated heterocycles. The summed E-state index contributed by atoms with van der Waals surface area (Å²) in [6, 6.07) is 4.34. The van der Waals surface area contributed by atoms with E-state index in [2.05, 4.69) is 21.2 Å². The largest absolute Gasteiger partial charge is 0.449 e. The van der Waals surface area contributed by atoms with E-state index in [-0.39, 0.29) is 11.9 Å². The zero-order valence-corrected chi connectivity index (χ0v) is 14.6. The lowest BCUT2D eigenvalue weighted by Gasteiger charge is -2.22. The van der Waals surface area contributed by atoms with Crippen LogP contribution in [0.5, 0.6) is 0 Å². The molecule has 1 atom stereocenters. The molecule has 0 aliphatic rings. The number of benzene rings is 1. The van der Waals surface area contributed by atoms with Crippen molar-refractivity contribution < 1.29 is 18.3 Å². The molecule has 1 heterocycles. The number of carbonyl (C=O) groups is 1. The average Bonchev–Trinajstić information content (AvgIpc) is 2.66. The first kappa shape index (κ1) is 16.8. The molecule has 0 aliphatic carbocycles. The van der Waals surface area contributed by atoms with Gasteiger partial charge in [0.05, 0.1) is 0 Å². The van der Waals surface area contributed by atoms with Crippen molar-refractivity contribution in [2.75, 3.05) is 0 Å². The minimum absolute atomic E-state index is 0.219. The Morgan fingerprint density at radius 2 is 2.09 bits per heavy atom. The number of ether oxygens (including phenoxy) is 1. The zero-order chi connectivity index (χ0) is 16.5. The number of hydrogen-bond acceptors (Lipinski definition) is 3. The molecule has 120 valence electrons. The maximum absolute atomic E-state index is 13.7. The molecule has 6 heteroatoms. The van der Waals surface area contributed by atoms with Crippen LogP contribution < -0.4 is 5.32 Å². The summed E-state index contributed by atoms with van der Waals surface area (Å²) in [4.78, 5) is 11.8. The third-order valence-electron chi connectivity index (χ3n) is 2.92. The molecule has 1 aromatic heterocycles. The van der Waals surface area contributed by atoms with Crippen LogP contribution in [0.2, 0.25) is 0 Å². The van der Waals surface area contributed by atoms with Crippen LogP contribution in [-0.4, -0.2) is 17.7 Å². The summed E-state index contributed by atoms with van der Waals surface area (Å²) in [5.74, 6) is -0.333. The molecule has 2 rings (SSSR count). The normalized spacial score (nSPS) is 13.2. The Labute approximate surface area is 137 Å². The molecule has 1 N–H and O–H groups in total. The SMILES string of the molecule is C[C@@H](Cc1cc(F)cc2cc(Br)oc12)NC(=O)OC(C)(C)C. The van der Waals surface area contributed by atoms with Crippen LogP contribution in [-0.2, 0) is 11.2 Å². The molecule has 1 amide bonds. The van der Waals surface area contributed by atoms with E-state index in [1.54, 1.807) is 26.8 Å². The van der Waals surface area contributed by atoms with Gasteiger partial charge in [0, 0.05) is 17.0 Å². The highest BCUT2D eigenvalue weighted by atomic mass is 79.9. The Kier molecular flexibility index (Phi) is 4.80. The van der Waals surface area contributed by atoms with Crippen molar-refractivity contribution in [1.82, 2.24) is 5.32 Å². The van der Waals surface area contributed by atoms with E-state index >= 15 is 0 Å². The molecule has 1 aromatic carbocycles.